The molecule has 0 atom stereocenters. The van der Waals surface area contributed by atoms with Crippen LogP contribution < -0.4 is 16.0 Å². The first-order valence-corrected chi connectivity index (χ1v) is 5.25. The Morgan fingerprint density at radius 2 is 2.19 bits per heavy atom. The fourth-order valence-corrected chi connectivity index (χ4v) is 1.72. The van der Waals surface area contributed by atoms with Crippen LogP contribution in [0, 0.1) is 6.92 Å². The van der Waals surface area contributed by atoms with Crippen molar-refractivity contribution in [2.75, 3.05) is 12.0 Å². The molecular formula is C12H15N3O. The van der Waals surface area contributed by atoms with Gasteiger partial charge in [-0.25, -0.2) is 0 Å². The number of nitrogen functional groups attached to an aromatic ring is 1. The van der Waals surface area contributed by atoms with E-state index in [4.69, 9.17) is 10.6 Å². The minimum atomic E-state index is 0.652. The van der Waals surface area contributed by atoms with E-state index in [1.807, 2.05) is 38.1 Å². The van der Waals surface area contributed by atoms with Crippen LogP contribution in [-0.2, 0) is 0 Å². The summed E-state index contributed by atoms with van der Waals surface area (Å²) in [5.41, 5.74) is 5.37. The number of hydrogen-bond donors (Lipinski definition) is 2. The lowest BCUT2D eigenvalue weighted by molar-refractivity contribution is 0.340. The maximum atomic E-state index is 5.47. The Labute approximate surface area is 94.4 Å². The Balaban J connectivity index is 2.60. The summed E-state index contributed by atoms with van der Waals surface area (Å²) < 4.78 is 5.44. The van der Waals surface area contributed by atoms with Crippen LogP contribution in [0.5, 0.6) is 5.75 Å². The van der Waals surface area contributed by atoms with E-state index in [1.54, 1.807) is 0 Å². The lowest BCUT2D eigenvalue weighted by Gasteiger charge is -2.09. The second kappa shape index (κ2) is 4.37. The average Bonchev–Trinajstić information content (AvgIpc) is 2.27. The number of hydrogen-bond acceptors (Lipinski definition) is 4. The Hall–Kier alpha value is -1.81. The van der Waals surface area contributed by atoms with E-state index < -0.39 is 0 Å². The van der Waals surface area contributed by atoms with Crippen molar-refractivity contribution in [2.24, 2.45) is 5.84 Å². The Morgan fingerprint density at radius 1 is 1.38 bits per heavy atom. The summed E-state index contributed by atoms with van der Waals surface area (Å²) in [6.07, 6.45) is 0. The van der Waals surface area contributed by atoms with Crippen LogP contribution in [0.15, 0.2) is 24.3 Å². The van der Waals surface area contributed by atoms with Crippen molar-refractivity contribution in [3.8, 4) is 5.75 Å². The zero-order chi connectivity index (χ0) is 11.5. The van der Waals surface area contributed by atoms with Crippen molar-refractivity contribution in [2.45, 2.75) is 13.8 Å². The lowest BCUT2D eigenvalue weighted by atomic mass is 10.1. The van der Waals surface area contributed by atoms with Crippen LogP contribution in [0.25, 0.3) is 10.9 Å². The smallest absolute Gasteiger partial charge is 0.121 e. The highest BCUT2D eigenvalue weighted by atomic mass is 16.5. The van der Waals surface area contributed by atoms with Crippen LogP contribution in [-0.4, -0.2) is 11.6 Å². The number of hydrazine groups is 1. The van der Waals surface area contributed by atoms with Crippen molar-refractivity contribution in [1.29, 1.82) is 0 Å². The number of nitrogens with two attached hydrogens (primary N) is 1. The largest absolute Gasteiger partial charge is 0.494 e. The lowest BCUT2D eigenvalue weighted by Crippen LogP contribution is -2.08. The number of ether oxygens (including phenoxy) is 1. The molecule has 1 aromatic heterocycles. The predicted molar refractivity (Wildman–Crippen MR) is 65.5 cm³/mol. The highest BCUT2D eigenvalue weighted by Crippen LogP contribution is 2.26. The van der Waals surface area contributed by atoms with Gasteiger partial charge >= 0.3 is 0 Å². The molecular weight excluding hydrogens is 202 g/mol. The molecule has 0 spiro atoms. The van der Waals surface area contributed by atoms with Gasteiger partial charge in [0.2, 0.25) is 0 Å². The summed E-state index contributed by atoms with van der Waals surface area (Å²) in [5, 5.41) is 0.997. The molecule has 0 bridgehead atoms. The van der Waals surface area contributed by atoms with Gasteiger partial charge in [-0.1, -0.05) is 0 Å². The van der Waals surface area contributed by atoms with Gasteiger partial charge in [0.05, 0.1) is 17.8 Å². The third kappa shape index (κ3) is 1.92. The molecule has 3 N–H and O–H groups in total. The molecule has 16 heavy (non-hydrogen) atoms. The Morgan fingerprint density at radius 3 is 2.88 bits per heavy atom. The van der Waals surface area contributed by atoms with Gasteiger partial charge in [-0.2, -0.15) is 0 Å². The first kappa shape index (κ1) is 10.7. The van der Waals surface area contributed by atoms with Crippen LogP contribution in [0.4, 0.5) is 5.69 Å². The molecule has 2 aromatic rings. The van der Waals surface area contributed by atoms with Gasteiger partial charge in [0.25, 0.3) is 0 Å². The molecule has 0 saturated heterocycles. The number of nitrogens with one attached hydrogen (secondary N) is 1. The molecule has 84 valence electrons. The Kier molecular flexibility index (Phi) is 2.92. The summed E-state index contributed by atoms with van der Waals surface area (Å²) in [6, 6.07) is 7.72. The van der Waals surface area contributed by atoms with Crippen LogP contribution >= 0.6 is 0 Å². The number of aromatic nitrogens is 1. The van der Waals surface area contributed by atoms with E-state index in [0.29, 0.717) is 6.61 Å². The predicted octanol–water partition coefficient (Wildman–Crippen LogP) is 2.23. The minimum absolute atomic E-state index is 0.652. The second-order valence-electron chi connectivity index (χ2n) is 3.57. The number of rotatable bonds is 3. The van der Waals surface area contributed by atoms with E-state index in [0.717, 1.165) is 28.0 Å². The van der Waals surface area contributed by atoms with Gasteiger partial charge in [0.1, 0.15) is 5.75 Å². The molecule has 0 aliphatic carbocycles. The van der Waals surface area contributed by atoms with Gasteiger partial charge in [-0.05, 0) is 32.0 Å². The molecule has 1 aromatic carbocycles. The number of pyridine rings is 1. The van der Waals surface area contributed by atoms with Gasteiger partial charge in [-0.15, -0.1) is 0 Å². The van der Waals surface area contributed by atoms with E-state index in [-0.39, 0.29) is 0 Å². The molecule has 0 fully saturated rings. The maximum Gasteiger partial charge on any atom is 0.121 e. The molecule has 1 heterocycles. The first-order valence-electron chi connectivity index (χ1n) is 5.25. The minimum Gasteiger partial charge on any atom is -0.494 e. The molecule has 4 nitrogen and oxygen atoms in total. The number of aryl methyl sites for hydroxylation is 1. The highest BCUT2D eigenvalue weighted by molar-refractivity contribution is 5.92. The summed E-state index contributed by atoms with van der Waals surface area (Å²) in [7, 11) is 0. The molecule has 0 unspecified atom stereocenters. The molecule has 0 aliphatic rings. The van der Waals surface area contributed by atoms with Crippen molar-refractivity contribution >= 4 is 16.6 Å². The summed E-state index contributed by atoms with van der Waals surface area (Å²) in [5.74, 6) is 6.30. The number of nitrogens with zero attached hydrogens (tertiary/aromatic N) is 1. The zero-order valence-corrected chi connectivity index (χ0v) is 9.45. The van der Waals surface area contributed by atoms with Crippen LogP contribution in [0.3, 0.4) is 0 Å². The topological polar surface area (TPSA) is 60.2 Å². The fourth-order valence-electron chi connectivity index (χ4n) is 1.72. The van der Waals surface area contributed by atoms with Gasteiger partial charge < -0.3 is 10.2 Å². The molecule has 0 saturated carbocycles. The number of anilines is 1. The van der Waals surface area contributed by atoms with Gasteiger partial charge in [0.15, 0.2) is 0 Å². The highest BCUT2D eigenvalue weighted by Gasteiger charge is 2.04. The maximum absolute atomic E-state index is 5.47. The molecule has 0 aliphatic heterocycles. The summed E-state index contributed by atoms with van der Waals surface area (Å²) >= 11 is 0. The van der Waals surface area contributed by atoms with Crippen LogP contribution in [0.2, 0.25) is 0 Å². The van der Waals surface area contributed by atoms with Crippen molar-refractivity contribution < 1.29 is 4.74 Å². The SMILES string of the molecule is CCOc1ccc2c(NN)cc(C)nc2c1. The third-order valence-electron chi connectivity index (χ3n) is 2.38. The average molecular weight is 217 g/mol. The quantitative estimate of drug-likeness (QED) is 0.611. The number of benzene rings is 1. The van der Waals surface area contributed by atoms with Crippen LogP contribution in [0.1, 0.15) is 12.6 Å². The monoisotopic (exact) mass is 217 g/mol. The molecule has 2 rings (SSSR count). The summed E-state index contributed by atoms with van der Waals surface area (Å²) in [4.78, 5) is 4.45. The third-order valence-corrected chi connectivity index (χ3v) is 2.38. The first-order chi connectivity index (χ1) is 7.74. The van der Waals surface area contributed by atoms with Gasteiger partial charge in [-0.3, -0.25) is 10.8 Å². The van der Waals surface area contributed by atoms with Crippen molar-refractivity contribution in [3.63, 3.8) is 0 Å². The van der Waals surface area contributed by atoms with E-state index in [2.05, 4.69) is 10.4 Å². The molecule has 4 heteroatoms. The number of fused-ring (bicyclic) bond motifs is 1. The normalized spacial score (nSPS) is 10.4. The molecule has 0 radical (unpaired) electrons. The van der Waals surface area contributed by atoms with Crippen molar-refractivity contribution in [1.82, 2.24) is 4.98 Å². The zero-order valence-electron chi connectivity index (χ0n) is 9.45. The van der Waals surface area contributed by atoms with Crippen molar-refractivity contribution in [3.05, 3.63) is 30.0 Å². The van der Waals surface area contributed by atoms with E-state index >= 15 is 0 Å². The molecule has 0 amide bonds. The standard InChI is InChI=1S/C12H15N3O/c1-3-16-9-4-5-10-11(7-9)14-8(2)6-12(10)15-13/h4-7H,3,13H2,1-2H3,(H,14,15). The second-order valence-corrected chi connectivity index (χ2v) is 3.57. The van der Waals surface area contributed by atoms with Gasteiger partial charge in [0, 0.05) is 17.1 Å². The summed E-state index contributed by atoms with van der Waals surface area (Å²) in [6.45, 7) is 4.55. The Bertz CT molecular complexity index is 511. The fraction of sp³-hybridized carbons (Fsp3) is 0.250. The van der Waals surface area contributed by atoms with E-state index in [1.165, 1.54) is 0 Å². The van der Waals surface area contributed by atoms with E-state index in [9.17, 15) is 0 Å².